The van der Waals surface area contributed by atoms with Gasteiger partial charge in [-0.2, -0.15) is 4.98 Å². The average Bonchev–Trinajstić information content (AvgIpc) is 2.44. The molecule has 1 aromatic heterocycles. The van der Waals surface area contributed by atoms with Gasteiger partial charge in [-0.1, -0.05) is 13.3 Å². The lowest BCUT2D eigenvalue weighted by molar-refractivity contribution is -0.385. The maximum absolute atomic E-state index is 11.2. The number of aliphatic hydroxyl groups is 1. The Morgan fingerprint density at radius 3 is 2.62 bits per heavy atom. The van der Waals surface area contributed by atoms with Crippen molar-refractivity contribution < 1.29 is 10.0 Å². The second-order valence-electron chi connectivity index (χ2n) is 4.88. The van der Waals surface area contributed by atoms with Gasteiger partial charge >= 0.3 is 5.69 Å². The minimum Gasteiger partial charge on any atom is -0.396 e. The van der Waals surface area contributed by atoms with Gasteiger partial charge in [-0.25, -0.2) is 4.98 Å². The summed E-state index contributed by atoms with van der Waals surface area (Å²) >= 11 is 0. The summed E-state index contributed by atoms with van der Waals surface area (Å²) in [4.78, 5) is 18.8. The zero-order chi connectivity index (χ0) is 15.8. The summed E-state index contributed by atoms with van der Waals surface area (Å²) in [5.74, 6) is 0.818. The van der Waals surface area contributed by atoms with Crippen LogP contribution in [0.15, 0.2) is 0 Å². The number of aliphatic hydroxyl groups excluding tert-OH is 1. The molecule has 0 radical (unpaired) electrons. The number of nitrogens with zero attached hydrogens (tertiary/aromatic N) is 3. The van der Waals surface area contributed by atoms with E-state index in [4.69, 9.17) is 5.11 Å². The first-order valence-corrected chi connectivity index (χ1v) is 7.08. The maximum atomic E-state index is 11.2. The zero-order valence-corrected chi connectivity index (χ0v) is 12.7. The molecule has 0 aromatic carbocycles. The Bertz CT molecular complexity index is 475. The van der Waals surface area contributed by atoms with Gasteiger partial charge in [0.25, 0.3) is 0 Å². The second-order valence-corrected chi connectivity index (χ2v) is 4.88. The van der Waals surface area contributed by atoms with E-state index < -0.39 is 4.92 Å². The molecule has 0 saturated heterocycles. The Balaban J connectivity index is 2.94. The van der Waals surface area contributed by atoms with E-state index in [0.29, 0.717) is 24.6 Å². The minimum absolute atomic E-state index is 0.103. The molecule has 1 rings (SSSR count). The number of aromatic nitrogens is 2. The summed E-state index contributed by atoms with van der Waals surface area (Å²) in [6.45, 7) is 4.30. The number of hydrogen-bond acceptors (Lipinski definition) is 7. The van der Waals surface area contributed by atoms with Gasteiger partial charge in [-0.3, -0.25) is 10.1 Å². The summed E-state index contributed by atoms with van der Waals surface area (Å²) in [7, 11) is 1.66. The number of aryl methyl sites for hydroxylation is 1. The summed E-state index contributed by atoms with van der Waals surface area (Å²) in [5, 5.41) is 26.0. The van der Waals surface area contributed by atoms with Crippen LogP contribution in [-0.4, -0.2) is 40.2 Å². The number of nitro groups is 1. The molecule has 3 N–H and O–H groups in total. The van der Waals surface area contributed by atoms with Crippen molar-refractivity contribution in [1.82, 2.24) is 9.97 Å². The Hall–Kier alpha value is -1.96. The van der Waals surface area contributed by atoms with Gasteiger partial charge in [0, 0.05) is 20.2 Å². The number of rotatable bonds is 9. The smallest absolute Gasteiger partial charge is 0.332 e. The summed E-state index contributed by atoms with van der Waals surface area (Å²) in [6.07, 6.45) is 2.61. The lowest BCUT2D eigenvalue weighted by atomic mass is 10.0. The van der Waals surface area contributed by atoms with Crippen molar-refractivity contribution in [3.05, 3.63) is 15.8 Å². The first-order chi connectivity index (χ1) is 10.0. The van der Waals surface area contributed by atoms with Gasteiger partial charge in [0.15, 0.2) is 0 Å². The van der Waals surface area contributed by atoms with Crippen LogP contribution in [-0.2, 0) is 0 Å². The molecule has 21 heavy (non-hydrogen) atoms. The van der Waals surface area contributed by atoms with E-state index in [1.165, 1.54) is 0 Å². The highest BCUT2D eigenvalue weighted by atomic mass is 16.6. The number of hydrogen-bond donors (Lipinski definition) is 3. The fourth-order valence-corrected chi connectivity index (χ4v) is 2.20. The number of nitrogens with one attached hydrogen (secondary N) is 2. The van der Waals surface area contributed by atoms with E-state index >= 15 is 0 Å². The molecule has 0 amide bonds. The molecule has 0 bridgehead atoms. The molecule has 0 aliphatic rings. The normalized spacial score (nSPS) is 12.0. The largest absolute Gasteiger partial charge is 0.396 e. The fourth-order valence-electron chi connectivity index (χ4n) is 2.20. The predicted octanol–water partition coefficient (Wildman–Crippen LogP) is 1.95. The molecule has 0 saturated carbocycles. The van der Waals surface area contributed by atoms with Crippen LogP contribution in [0.3, 0.4) is 0 Å². The number of anilines is 2. The van der Waals surface area contributed by atoms with Gasteiger partial charge < -0.3 is 15.7 Å². The summed E-state index contributed by atoms with van der Waals surface area (Å²) < 4.78 is 0. The topological polar surface area (TPSA) is 113 Å². The molecule has 1 unspecified atom stereocenters. The van der Waals surface area contributed by atoms with E-state index in [9.17, 15) is 10.1 Å². The molecular weight excluding hydrogens is 274 g/mol. The molecule has 0 aliphatic heterocycles. The molecule has 1 atom stereocenters. The third-order valence-electron chi connectivity index (χ3n) is 3.26. The van der Waals surface area contributed by atoms with Crippen molar-refractivity contribution >= 4 is 17.5 Å². The van der Waals surface area contributed by atoms with E-state index in [1.54, 1.807) is 14.0 Å². The lowest BCUT2D eigenvalue weighted by Crippen LogP contribution is -2.18. The molecule has 8 heteroatoms. The molecular formula is C13H23N5O3. The average molecular weight is 297 g/mol. The summed E-state index contributed by atoms with van der Waals surface area (Å²) in [6, 6.07) is 0. The Morgan fingerprint density at radius 1 is 1.38 bits per heavy atom. The molecule has 0 fully saturated rings. The van der Waals surface area contributed by atoms with Crippen molar-refractivity contribution in [3.63, 3.8) is 0 Å². The van der Waals surface area contributed by atoms with Gasteiger partial charge in [0.2, 0.25) is 11.8 Å². The van der Waals surface area contributed by atoms with Crippen molar-refractivity contribution in [1.29, 1.82) is 0 Å². The van der Waals surface area contributed by atoms with Crippen LogP contribution < -0.4 is 10.6 Å². The highest BCUT2D eigenvalue weighted by Gasteiger charge is 2.22. The molecule has 8 nitrogen and oxygen atoms in total. The zero-order valence-electron chi connectivity index (χ0n) is 12.7. The Kier molecular flexibility index (Phi) is 6.80. The Morgan fingerprint density at radius 2 is 2.10 bits per heavy atom. The van der Waals surface area contributed by atoms with E-state index in [0.717, 1.165) is 12.8 Å². The van der Waals surface area contributed by atoms with E-state index in [-0.39, 0.29) is 24.0 Å². The highest BCUT2D eigenvalue weighted by Crippen LogP contribution is 2.27. The molecule has 0 aliphatic carbocycles. The third kappa shape index (κ3) is 4.82. The first-order valence-electron chi connectivity index (χ1n) is 7.08. The maximum Gasteiger partial charge on any atom is 0.332 e. The van der Waals surface area contributed by atoms with E-state index in [1.807, 2.05) is 0 Å². The fraction of sp³-hybridized carbons (Fsp3) is 0.692. The first kappa shape index (κ1) is 17.1. The lowest BCUT2D eigenvalue weighted by Gasteiger charge is -2.16. The SMILES string of the molecule is CCCC(CCO)CNc1nc(NC)nc(C)c1[N+](=O)[O-]. The molecule has 1 aromatic rings. The van der Waals surface area contributed by atoms with Crippen LogP contribution in [0.1, 0.15) is 31.9 Å². The quantitative estimate of drug-likeness (QED) is 0.471. The second kappa shape index (κ2) is 8.35. The monoisotopic (exact) mass is 297 g/mol. The van der Waals surface area contributed by atoms with Crippen LogP contribution in [0.5, 0.6) is 0 Å². The Labute approximate surface area is 124 Å². The molecule has 1 heterocycles. The molecule has 0 spiro atoms. The summed E-state index contributed by atoms with van der Waals surface area (Å²) in [5.41, 5.74) is 0.212. The van der Waals surface area contributed by atoms with E-state index in [2.05, 4.69) is 27.5 Å². The van der Waals surface area contributed by atoms with Gasteiger partial charge in [0.1, 0.15) is 5.69 Å². The predicted molar refractivity (Wildman–Crippen MR) is 81.6 cm³/mol. The van der Waals surface area contributed by atoms with Crippen LogP contribution in [0.4, 0.5) is 17.5 Å². The van der Waals surface area contributed by atoms with Crippen molar-refractivity contribution in [3.8, 4) is 0 Å². The minimum atomic E-state index is -0.474. The third-order valence-corrected chi connectivity index (χ3v) is 3.26. The molecule has 118 valence electrons. The standard InChI is InChI=1S/C13H23N5O3/c1-4-5-10(6-7-19)8-15-12-11(18(20)21)9(2)16-13(14-3)17-12/h10,19H,4-8H2,1-3H3,(H2,14,15,16,17). The van der Waals surface area contributed by atoms with Gasteiger partial charge in [-0.05, 0) is 25.7 Å². The van der Waals surface area contributed by atoms with Crippen molar-refractivity contribution in [2.24, 2.45) is 5.92 Å². The van der Waals surface area contributed by atoms with Crippen LogP contribution >= 0.6 is 0 Å². The van der Waals surface area contributed by atoms with Crippen LogP contribution in [0.25, 0.3) is 0 Å². The van der Waals surface area contributed by atoms with Gasteiger partial charge in [-0.15, -0.1) is 0 Å². The van der Waals surface area contributed by atoms with Gasteiger partial charge in [0.05, 0.1) is 4.92 Å². The van der Waals surface area contributed by atoms with Crippen molar-refractivity contribution in [2.75, 3.05) is 30.8 Å². The van der Waals surface area contributed by atoms with Crippen LogP contribution in [0, 0.1) is 23.0 Å². The van der Waals surface area contributed by atoms with Crippen molar-refractivity contribution in [2.45, 2.75) is 33.1 Å². The highest BCUT2D eigenvalue weighted by molar-refractivity contribution is 5.60. The van der Waals surface area contributed by atoms with Crippen LogP contribution in [0.2, 0.25) is 0 Å².